The average molecular weight is 365 g/mol. The minimum Gasteiger partial charge on any atom is -0.464 e. The third-order valence-electron chi connectivity index (χ3n) is 3.51. The van der Waals surface area contributed by atoms with Gasteiger partial charge in [-0.1, -0.05) is 6.07 Å². The molecule has 0 spiro atoms. The number of sulfonamides is 1. The van der Waals surface area contributed by atoms with Crippen molar-refractivity contribution >= 4 is 36.5 Å². The third kappa shape index (κ3) is 3.15. The average Bonchev–Trinajstić information content (AvgIpc) is 2.92. The Morgan fingerprint density at radius 1 is 0.958 bits per heavy atom. The van der Waals surface area contributed by atoms with Crippen molar-refractivity contribution in [2.75, 3.05) is 11.0 Å². The van der Waals surface area contributed by atoms with E-state index in [4.69, 9.17) is 4.42 Å². The fraction of sp³-hybridized carbons (Fsp3) is 0.125. The first-order chi connectivity index (χ1) is 11.2. The SMILES string of the molecule is Cc1ccc(S(C)(=O)=O)c(NS(=O)(=O)c2ccc3occc3c2)c1. The summed E-state index contributed by atoms with van der Waals surface area (Å²) in [5, 5.41) is 0.644. The number of benzene rings is 2. The van der Waals surface area contributed by atoms with Crippen LogP contribution in [0.1, 0.15) is 5.56 Å². The zero-order valence-corrected chi connectivity index (χ0v) is 14.6. The Kier molecular flexibility index (Phi) is 3.89. The van der Waals surface area contributed by atoms with Crippen LogP contribution in [0.3, 0.4) is 0 Å². The Balaban J connectivity index is 2.08. The minimum atomic E-state index is -3.94. The normalized spacial score (nSPS) is 12.4. The maximum Gasteiger partial charge on any atom is 0.261 e. The van der Waals surface area contributed by atoms with E-state index >= 15 is 0 Å². The molecule has 0 aliphatic rings. The highest BCUT2D eigenvalue weighted by molar-refractivity contribution is 7.93. The molecule has 0 amide bonds. The molecule has 8 heteroatoms. The van der Waals surface area contributed by atoms with Gasteiger partial charge >= 0.3 is 0 Å². The molecule has 2 aromatic carbocycles. The second kappa shape index (κ2) is 5.64. The van der Waals surface area contributed by atoms with Crippen LogP contribution in [0.15, 0.2) is 62.9 Å². The summed E-state index contributed by atoms with van der Waals surface area (Å²) < 4.78 is 56.6. The molecular formula is C16H15NO5S2. The lowest BCUT2D eigenvalue weighted by molar-refractivity contribution is 0.601. The second-order valence-electron chi connectivity index (χ2n) is 5.50. The Morgan fingerprint density at radius 3 is 2.42 bits per heavy atom. The lowest BCUT2D eigenvalue weighted by Crippen LogP contribution is -2.15. The van der Waals surface area contributed by atoms with Crippen molar-refractivity contribution in [1.82, 2.24) is 0 Å². The van der Waals surface area contributed by atoms with Crippen LogP contribution in [0.25, 0.3) is 11.0 Å². The summed E-state index contributed by atoms with van der Waals surface area (Å²) in [6.45, 7) is 1.75. The molecule has 0 saturated heterocycles. The topological polar surface area (TPSA) is 93.5 Å². The van der Waals surface area contributed by atoms with E-state index in [9.17, 15) is 16.8 Å². The molecule has 0 atom stereocenters. The highest BCUT2D eigenvalue weighted by Crippen LogP contribution is 2.27. The van der Waals surface area contributed by atoms with Gasteiger partial charge in [0, 0.05) is 11.6 Å². The molecule has 0 radical (unpaired) electrons. The molecule has 0 bridgehead atoms. The fourth-order valence-electron chi connectivity index (χ4n) is 2.36. The van der Waals surface area contributed by atoms with Gasteiger partial charge in [-0.25, -0.2) is 16.8 Å². The van der Waals surface area contributed by atoms with E-state index in [1.165, 1.54) is 30.5 Å². The fourth-order valence-corrected chi connectivity index (χ4v) is 4.36. The van der Waals surface area contributed by atoms with Gasteiger partial charge in [-0.3, -0.25) is 4.72 Å². The highest BCUT2D eigenvalue weighted by Gasteiger charge is 2.20. The van der Waals surface area contributed by atoms with Gasteiger partial charge in [-0.05, 0) is 48.9 Å². The lowest BCUT2D eigenvalue weighted by Gasteiger charge is -2.12. The number of sulfone groups is 1. The van der Waals surface area contributed by atoms with Crippen LogP contribution < -0.4 is 4.72 Å². The maximum absolute atomic E-state index is 12.6. The molecule has 0 fully saturated rings. The molecule has 3 rings (SSSR count). The van der Waals surface area contributed by atoms with Gasteiger partial charge in [0.2, 0.25) is 0 Å². The summed E-state index contributed by atoms with van der Waals surface area (Å²) in [6.07, 6.45) is 2.50. The molecule has 126 valence electrons. The molecule has 3 aromatic rings. The van der Waals surface area contributed by atoms with Crippen LogP contribution in [0.4, 0.5) is 5.69 Å². The Bertz CT molecular complexity index is 1130. The Hall–Kier alpha value is -2.32. The van der Waals surface area contributed by atoms with Crippen LogP contribution in [-0.4, -0.2) is 23.1 Å². The number of aryl methyl sites for hydroxylation is 1. The van der Waals surface area contributed by atoms with Crippen LogP contribution in [0.2, 0.25) is 0 Å². The van der Waals surface area contributed by atoms with Crippen molar-refractivity contribution in [3.63, 3.8) is 0 Å². The van der Waals surface area contributed by atoms with E-state index in [2.05, 4.69) is 4.72 Å². The number of hydrogen-bond acceptors (Lipinski definition) is 5. The van der Waals surface area contributed by atoms with Gasteiger partial charge in [0.1, 0.15) is 5.58 Å². The largest absolute Gasteiger partial charge is 0.464 e. The first-order valence-corrected chi connectivity index (χ1v) is 10.3. The molecular weight excluding hydrogens is 350 g/mol. The molecule has 0 aliphatic carbocycles. The third-order valence-corrected chi connectivity index (χ3v) is 6.03. The first kappa shape index (κ1) is 16.5. The smallest absolute Gasteiger partial charge is 0.261 e. The number of anilines is 1. The van der Waals surface area contributed by atoms with Crippen LogP contribution in [-0.2, 0) is 19.9 Å². The summed E-state index contributed by atoms with van der Waals surface area (Å²) in [7, 11) is -7.51. The monoisotopic (exact) mass is 365 g/mol. The van der Waals surface area contributed by atoms with E-state index in [1.807, 2.05) is 0 Å². The zero-order valence-electron chi connectivity index (χ0n) is 13.0. The van der Waals surface area contributed by atoms with Crippen molar-refractivity contribution in [3.8, 4) is 0 Å². The molecule has 1 N–H and O–H groups in total. The number of furan rings is 1. The number of hydrogen-bond donors (Lipinski definition) is 1. The Labute approximate surface area is 140 Å². The second-order valence-corrected chi connectivity index (χ2v) is 9.16. The molecule has 0 saturated carbocycles. The van der Waals surface area contributed by atoms with E-state index in [0.717, 1.165) is 11.8 Å². The van der Waals surface area contributed by atoms with E-state index in [0.29, 0.717) is 11.0 Å². The van der Waals surface area contributed by atoms with Gasteiger partial charge in [0.15, 0.2) is 9.84 Å². The van der Waals surface area contributed by atoms with Crippen LogP contribution in [0.5, 0.6) is 0 Å². The predicted molar refractivity (Wildman–Crippen MR) is 91.3 cm³/mol. The molecule has 1 heterocycles. The lowest BCUT2D eigenvalue weighted by atomic mass is 10.2. The molecule has 0 unspecified atom stereocenters. The van der Waals surface area contributed by atoms with Gasteiger partial charge in [-0.2, -0.15) is 0 Å². The maximum atomic E-state index is 12.6. The summed E-state index contributed by atoms with van der Waals surface area (Å²) in [5.41, 5.74) is 1.34. The highest BCUT2D eigenvalue weighted by atomic mass is 32.2. The van der Waals surface area contributed by atoms with Gasteiger partial charge in [0.05, 0.1) is 21.7 Å². The quantitative estimate of drug-likeness (QED) is 0.767. The van der Waals surface area contributed by atoms with Crippen molar-refractivity contribution in [2.45, 2.75) is 16.7 Å². The summed E-state index contributed by atoms with van der Waals surface area (Å²) in [4.78, 5) is -0.0431. The molecule has 0 aliphatic heterocycles. The molecule has 1 aromatic heterocycles. The predicted octanol–water partition coefficient (Wildman–Crippen LogP) is 2.95. The molecule has 6 nitrogen and oxygen atoms in total. The Morgan fingerprint density at radius 2 is 1.71 bits per heavy atom. The van der Waals surface area contributed by atoms with E-state index < -0.39 is 19.9 Å². The molecule has 24 heavy (non-hydrogen) atoms. The number of fused-ring (bicyclic) bond motifs is 1. The number of nitrogens with one attached hydrogen (secondary N) is 1. The van der Waals surface area contributed by atoms with Crippen LogP contribution >= 0.6 is 0 Å². The summed E-state index contributed by atoms with van der Waals surface area (Å²) >= 11 is 0. The van der Waals surface area contributed by atoms with Crippen molar-refractivity contribution in [3.05, 3.63) is 54.3 Å². The van der Waals surface area contributed by atoms with Crippen molar-refractivity contribution < 1.29 is 21.3 Å². The number of rotatable bonds is 4. The zero-order chi connectivity index (χ0) is 17.5. The van der Waals surface area contributed by atoms with E-state index in [-0.39, 0.29) is 15.5 Å². The minimum absolute atomic E-state index is 0.0253. The summed E-state index contributed by atoms with van der Waals surface area (Å²) in [5.74, 6) is 0. The summed E-state index contributed by atoms with van der Waals surface area (Å²) in [6, 6.07) is 10.6. The van der Waals surface area contributed by atoms with Gasteiger partial charge < -0.3 is 4.42 Å². The van der Waals surface area contributed by atoms with Crippen LogP contribution in [0, 0.1) is 6.92 Å². The van der Waals surface area contributed by atoms with Gasteiger partial charge in [0.25, 0.3) is 10.0 Å². The van der Waals surface area contributed by atoms with Crippen molar-refractivity contribution in [2.24, 2.45) is 0 Å². The standard InChI is InChI=1S/C16H15NO5S2/c1-11-3-6-16(23(2,18)19)14(9-11)17-24(20,21)13-4-5-15-12(10-13)7-8-22-15/h3-10,17H,1-2H3. The first-order valence-electron chi connectivity index (χ1n) is 6.98. The van der Waals surface area contributed by atoms with Gasteiger partial charge in [-0.15, -0.1) is 0 Å². The van der Waals surface area contributed by atoms with E-state index in [1.54, 1.807) is 25.1 Å². The van der Waals surface area contributed by atoms with Crippen molar-refractivity contribution in [1.29, 1.82) is 0 Å².